The molecule has 152 valence electrons. The minimum Gasteiger partial charge on any atom is -0.466 e. The number of ether oxygens (including phenoxy) is 1. The number of halogens is 2. The maximum atomic E-state index is 14.3. The SMILES string of the molecule is COC(=O)C=Cc1cccc(F)c1NC(=O)C1CCN(c2cccc(F)c2)CC1. The van der Waals surface area contributed by atoms with E-state index in [1.54, 1.807) is 12.1 Å². The molecular weight excluding hydrogens is 378 g/mol. The maximum absolute atomic E-state index is 14.3. The Morgan fingerprint density at radius 1 is 1.14 bits per heavy atom. The van der Waals surface area contributed by atoms with Gasteiger partial charge >= 0.3 is 5.97 Å². The van der Waals surface area contributed by atoms with Crippen LogP contribution in [0.1, 0.15) is 18.4 Å². The molecule has 0 saturated carbocycles. The third-order valence-electron chi connectivity index (χ3n) is 4.93. The van der Waals surface area contributed by atoms with Gasteiger partial charge in [0, 0.05) is 36.3 Å². The Bertz CT molecular complexity index is 922. The number of rotatable bonds is 5. The second-order valence-corrected chi connectivity index (χ2v) is 6.79. The molecule has 1 fully saturated rings. The maximum Gasteiger partial charge on any atom is 0.330 e. The molecule has 1 saturated heterocycles. The van der Waals surface area contributed by atoms with Gasteiger partial charge in [-0.25, -0.2) is 13.6 Å². The lowest BCUT2D eigenvalue weighted by Crippen LogP contribution is -2.38. The third kappa shape index (κ3) is 5.19. The summed E-state index contributed by atoms with van der Waals surface area (Å²) >= 11 is 0. The van der Waals surface area contributed by atoms with Crippen LogP contribution >= 0.6 is 0 Å². The summed E-state index contributed by atoms with van der Waals surface area (Å²) < 4.78 is 32.3. The van der Waals surface area contributed by atoms with Gasteiger partial charge in [0.1, 0.15) is 11.6 Å². The van der Waals surface area contributed by atoms with Crippen LogP contribution in [-0.4, -0.2) is 32.1 Å². The molecule has 0 bridgehead atoms. The second-order valence-electron chi connectivity index (χ2n) is 6.79. The molecule has 0 unspecified atom stereocenters. The van der Waals surface area contributed by atoms with Crippen LogP contribution in [0.25, 0.3) is 6.08 Å². The van der Waals surface area contributed by atoms with Gasteiger partial charge in [-0.2, -0.15) is 0 Å². The van der Waals surface area contributed by atoms with E-state index >= 15 is 0 Å². The first kappa shape index (κ1) is 20.5. The van der Waals surface area contributed by atoms with Crippen molar-refractivity contribution in [1.82, 2.24) is 0 Å². The fraction of sp³-hybridized carbons (Fsp3) is 0.273. The lowest BCUT2D eigenvalue weighted by atomic mass is 9.95. The number of piperidine rings is 1. The van der Waals surface area contributed by atoms with Crippen LogP contribution in [0.5, 0.6) is 0 Å². The van der Waals surface area contributed by atoms with Crippen molar-refractivity contribution in [3.05, 3.63) is 65.7 Å². The Hall–Kier alpha value is -3.22. The van der Waals surface area contributed by atoms with Gasteiger partial charge in [-0.3, -0.25) is 4.79 Å². The van der Waals surface area contributed by atoms with E-state index in [2.05, 4.69) is 10.1 Å². The molecule has 2 aromatic carbocycles. The molecule has 2 aromatic rings. The van der Waals surface area contributed by atoms with Crippen molar-refractivity contribution in [3.63, 3.8) is 0 Å². The Kier molecular flexibility index (Phi) is 6.59. The number of carbonyl (C=O) groups excluding carboxylic acids is 2. The minimum atomic E-state index is -0.581. The van der Waals surface area contributed by atoms with Crippen molar-refractivity contribution in [2.24, 2.45) is 5.92 Å². The summed E-state index contributed by atoms with van der Waals surface area (Å²) in [5.41, 5.74) is 1.19. The lowest BCUT2D eigenvalue weighted by Gasteiger charge is -2.33. The van der Waals surface area contributed by atoms with E-state index < -0.39 is 11.8 Å². The van der Waals surface area contributed by atoms with Gasteiger partial charge in [0.25, 0.3) is 0 Å². The molecule has 1 heterocycles. The van der Waals surface area contributed by atoms with Gasteiger partial charge in [0.05, 0.1) is 12.8 Å². The summed E-state index contributed by atoms with van der Waals surface area (Å²) in [7, 11) is 1.25. The van der Waals surface area contributed by atoms with Gasteiger partial charge < -0.3 is 15.0 Å². The summed E-state index contributed by atoms with van der Waals surface area (Å²) in [6.07, 6.45) is 3.72. The highest BCUT2D eigenvalue weighted by molar-refractivity contribution is 5.96. The fourth-order valence-corrected chi connectivity index (χ4v) is 3.34. The highest BCUT2D eigenvalue weighted by atomic mass is 19.1. The average molecular weight is 400 g/mol. The number of anilines is 2. The minimum absolute atomic E-state index is 0.0326. The number of nitrogens with zero attached hydrogens (tertiary/aromatic N) is 1. The summed E-state index contributed by atoms with van der Waals surface area (Å²) in [5.74, 6) is -2.01. The van der Waals surface area contributed by atoms with Crippen LogP contribution in [0.3, 0.4) is 0 Å². The second kappa shape index (κ2) is 9.32. The van der Waals surface area contributed by atoms with E-state index in [1.165, 1.54) is 43.5 Å². The van der Waals surface area contributed by atoms with Crippen LogP contribution in [0.2, 0.25) is 0 Å². The van der Waals surface area contributed by atoms with Crippen LogP contribution in [0.4, 0.5) is 20.2 Å². The van der Waals surface area contributed by atoms with Crippen molar-refractivity contribution < 1.29 is 23.1 Å². The first-order valence-electron chi connectivity index (χ1n) is 9.34. The average Bonchev–Trinajstić information content (AvgIpc) is 2.74. The number of esters is 1. The molecule has 5 nitrogen and oxygen atoms in total. The van der Waals surface area contributed by atoms with Crippen LogP contribution in [-0.2, 0) is 14.3 Å². The van der Waals surface area contributed by atoms with Gasteiger partial charge in [-0.05, 0) is 43.2 Å². The van der Waals surface area contributed by atoms with Gasteiger partial charge in [0.2, 0.25) is 5.91 Å². The Morgan fingerprint density at radius 3 is 2.55 bits per heavy atom. The van der Waals surface area contributed by atoms with Crippen molar-refractivity contribution in [2.45, 2.75) is 12.8 Å². The number of nitrogens with one attached hydrogen (secondary N) is 1. The Labute approximate surface area is 168 Å². The standard InChI is InChI=1S/C22H22F2N2O3/c1-29-20(27)9-8-15-4-2-7-19(24)21(15)25-22(28)16-10-12-26(13-11-16)18-6-3-5-17(23)14-18/h2-9,14,16H,10-13H2,1H3,(H,25,28). The molecular formula is C22H22F2N2O3. The molecule has 1 aliphatic heterocycles. The fourth-order valence-electron chi connectivity index (χ4n) is 3.34. The lowest BCUT2D eigenvalue weighted by molar-refractivity contribution is -0.134. The van der Waals surface area contributed by atoms with Crippen molar-refractivity contribution in [1.29, 1.82) is 0 Å². The van der Waals surface area contributed by atoms with Crippen LogP contribution < -0.4 is 10.2 Å². The van der Waals surface area contributed by atoms with Crippen molar-refractivity contribution in [2.75, 3.05) is 30.4 Å². The molecule has 0 aromatic heterocycles. The van der Waals surface area contributed by atoms with Gasteiger partial charge in [0.15, 0.2) is 0 Å². The largest absolute Gasteiger partial charge is 0.466 e. The third-order valence-corrected chi connectivity index (χ3v) is 4.93. The highest BCUT2D eigenvalue weighted by Gasteiger charge is 2.26. The summed E-state index contributed by atoms with van der Waals surface area (Å²) in [6.45, 7) is 1.21. The number of benzene rings is 2. The predicted molar refractivity (Wildman–Crippen MR) is 107 cm³/mol. The summed E-state index contributed by atoms with van der Waals surface area (Å²) in [5, 5.41) is 2.66. The van der Waals surface area contributed by atoms with Gasteiger partial charge in [-0.1, -0.05) is 18.2 Å². The van der Waals surface area contributed by atoms with E-state index in [9.17, 15) is 18.4 Å². The number of para-hydroxylation sites is 1. The van der Waals surface area contributed by atoms with Gasteiger partial charge in [-0.15, -0.1) is 0 Å². The predicted octanol–water partition coefficient (Wildman–Crippen LogP) is 4.01. The molecule has 0 atom stereocenters. The number of hydrogen-bond acceptors (Lipinski definition) is 4. The number of carbonyl (C=O) groups is 2. The topological polar surface area (TPSA) is 58.6 Å². The normalized spacial score (nSPS) is 14.8. The highest BCUT2D eigenvalue weighted by Crippen LogP contribution is 2.27. The smallest absolute Gasteiger partial charge is 0.330 e. The van der Waals surface area contributed by atoms with E-state index in [0.29, 0.717) is 31.5 Å². The zero-order chi connectivity index (χ0) is 20.8. The molecule has 29 heavy (non-hydrogen) atoms. The molecule has 1 aliphatic rings. The number of methoxy groups -OCH3 is 1. The summed E-state index contributed by atoms with van der Waals surface area (Å²) in [4.78, 5) is 26.0. The quantitative estimate of drug-likeness (QED) is 0.609. The first-order valence-corrected chi connectivity index (χ1v) is 9.34. The van der Waals surface area contributed by atoms with Crippen molar-refractivity contribution in [3.8, 4) is 0 Å². The van der Waals surface area contributed by atoms with E-state index in [-0.39, 0.29) is 23.3 Å². The van der Waals surface area contributed by atoms with E-state index in [0.717, 1.165) is 5.69 Å². The zero-order valence-electron chi connectivity index (χ0n) is 16.0. The Balaban J connectivity index is 1.66. The summed E-state index contributed by atoms with van der Waals surface area (Å²) in [6, 6.07) is 10.7. The van der Waals surface area contributed by atoms with Crippen LogP contribution in [0, 0.1) is 17.6 Å². The van der Waals surface area contributed by atoms with E-state index in [1.807, 2.05) is 11.0 Å². The molecule has 0 radical (unpaired) electrons. The molecule has 7 heteroatoms. The molecule has 3 rings (SSSR count). The molecule has 0 aliphatic carbocycles. The zero-order valence-corrected chi connectivity index (χ0v) is 16.0. The monoisotopic (exact) mass is 400 g/mol. The molecule has 1 N–H and O–H groups in total. The number of hydrogen-bond donors (Lipinski definition) is 1. The number of amides is 1. The van der Waals surface area contributed by atoms with E-state index in [4.69, 9.17) is 0 Å². The first-order chi connectivity index (χ1) is 14.0. The Morgan fingerprint density at radius 2 is 1.86 bits per heavy atom. The molecule has 0 spiro atoms. The molecule has 1 amide bonds. The van der Waals surface area contributed by atoms with Crippen molar-refractivity contribution >= 4 is 29.3 Å². The van der Waals surface area contributed by atoms with Crippen LogP contribution in [0.15, 0.2) is 48.5 Å².